The minimum atomic E-state index is -3.24. The lowest BCUT2D eigenvalue weighted by Crippen LogP contribution is -2.14. The molecule has 0 amide bonds. The zero-order valence-electron chi connectivity index (χ0n) is 11.7. The summed E-state index contributed by atoms with van der Waals surface area (Å²) < 4.78 is 36.0. The van der Waals surface area contributed by atoms with Crippen LogP contribution < -0.4 is 5.73 Å². The number of nitrogens with two attached hydrogens (primary N) is 1. The van der Waals surface area contributed by atoms with Gasteiger partial charge in [-0.25, -0.2) is 17.8 Å². The van der Waals surface area contributed by atoms with Crippen LogP contribution in [-0.4, -0.2) is 20.5 Å². The van der Waals surface area contributed by atoms with Crippen LogP contribution in [0.25, 0.3) is 0 Å². The average molecular weight is 306 g/mol. The first-order valence-corrected chi connectivity index (χ1v) is 8.07. The number of halogens is 1. The Hall–Kier alpha value is -2.21. The van der Waals surface area contributed by atoms with Gasteiger partial charge < -0.3 is 5.73 Å². The predicted molar refractivity (Wildman–Crippen MR) is 81.1 cm³/mol. The monoisotopic (exact) mass is 306 g/mol. The largest absolute Gasteiger partial charge is 0.383 e. The number of hydrogen-bond donors (Lipinski definition) is 1. The third-order valence-electron chi connectivity index (χ3n) is 2.99. The molecule has 0 atom stereocenters. The van der Waals surface area contributed by atoms with E-state index in [4.69, 9.17) is 5.73 Å². The maximum atomic E-state index is 13.3. The molecule has 0 heterocycles. The molecule has 0 fully saturated rings. The Morgan fingerprint density at radius 2 is 1.76 bits per heavy atom. The van der Waals surface area contributed by atoms with Crippen molar-refractivity contribution in [2.24, 2.45) is 10.7 Å². The third-order valence-corrected chi connectivity index (χ3v) is 4.12. The van der Waals surface area contributed by atoms with E-state index in [9.17, 15) is 12.8 Å². The fraction of sp³-hybridized carbons (Fsp3) is 0.133. The maximum Gasteiger partial charge on any atom is 0.175 e. The fourth-order valence-corrected chi connectivity index (χ4v) is 2.47. The average Bonchev–Trinajstić information content (AvgIpc) is 2.41. The Bertz CT molecular complexity index is 797. The van der Waals surface area contributed by atoms with Crippen molar-refractivity contribution < 1.29 is 12.8 Å². The zero-order chi connectivity index (χ0) is 15.6. The number of aryl methyl sites for hydroxylation is 1. The Balaban J connectivity index is 2.37. The molecule has 2 aromatic carbocycles. The van der Waals surface area contributed by atoms with Crippen LogP contribution in [-0.2, 0) is 9.84 Å². The van der Waals surface area contributed by atoms with E-state index in [1.54, 1.807) is 18.2 Å². The standard InChI is InChI=1S/C15H15FN2O2S/c1-10-3-4-11(16)9-14(10)15(17)18-12-5-7-13(8-6-12)21(2,19)20/h3-9H,1-2H3,(H2,17,18). The highest BCUT2D eigenvalue weighted by Crippen LogP contribution is 2.18. The maximum absolute atomic E-state index is 13.3. The summed E-state index contributed by atoms with van der Waals surface area (Å²) in [6, 6.07) is 10.3. The van der Waals surface area contributed by atoms with Crippen molar-refractivity contribution in [2.45, 2.75) is 11.8 Å². The van der Waals surface area contributed by atoms with Crippen LogP contribution in [0.2, 0.25) is 0 Å². The van der Waals surface area contributed by atoms with Crippen molar-refractivity contribution in [1.29, 1.82) is 0 Å². The second-order valence-electron chi connectivity index (χ2n) is 4.72. The van der Waals surface area contributed by atoms with Gasteiger partial charge in [0.05, 0.1) is 10.6 Å². The number of amidine groups is 1. The van der Waals surface area contributed by atoms with E-state index in [0.717, 1.165) is 11.8 Å². The molecule has 0 aromatic heterocycles. The van der Waals surface area contributed by atoms with E-state index in [1.165, 1.54) is 24.3 Å². The quantitative estimate of drug-likeness (QED) is 0.699. The van der Waals surface area contributed by atoms with E-state index >= 15 is 0 Å². The first-order chi connectivity index (χ1) is 9.77. The molecule has 4 nitrogen and oxygen atoms in total. The summed E-state index contributed by atoms with van der Waals surface area (Å²) >= 11 is 0. The molecular weight excluding hydrogens is 291 g/mol. The highest BCUT2D eigenvalue weighted by molar-refractivity contribution is 7.90. The normalized spacial score (nSPS) is 12.4. The Labute approximate surface area is 123 Å². The van der Waals surface area contributed by atoms with E-state index in [2.05, 4.69) is 4.99 Å². The number of rotatable bonds is 3. The molecule has 0 aliphatic carbocycles. The lowest BCUT2D eigenvalue weighted by Gasteiger charge is -2.06. The van der Waals surface area contributed by atoms with Crippen LogP contribution in [0, 0.1) is 12.7 Å². The molecule has 0 radical (unpaired) electrons. The summed E-state index contributed by atoms with van der Waals surface area (Å²) in [5.41, 5.74) is 7.72. The molecule has 0 saturated carbocycles. The Morgan fingerprint density at radius 1 is 1.14 bits per heavy atom. The van der Waals surface area contributed by atoms with Gasteiger partial charge >= 0.3 is 0 Å². The minimum absolute atomic E-state index is 0.180. The molecule has 0 bridgehead atoms. The smallest absolute Gasteiger partial charge is 0.175 e. The zero-order valence-corrected chi connectivity index (χ0v) is 12.5. The molecule has 0 aliphatic heterocycles. The van der Waals surface area contributed by atoms with Crippen molar-refractivity contribution in [3.8, 4) is 0 Å². The third kappa shape index (κ3) is 3.66. The van der Waals surface area contributed by atoms with Gasteiger partial charge in [-0.05, 0) is 48.9 Å². The lowest BCUT2D eigenvalue weighted by molar-refractivity contribution is 0.602. The number of nitrogens with zero attached hydrogens (tertiary/aromatic N) is 1. The molecule has 0 saturated heterocycles. The summed E-state index contributed by atoms with van der Waals surface area (Å²) in [5, 5.41) is 0. The minimum Gasteiger partial charge on any atom is -0.383 e. The van der Waals surface area contributed by atoms with Crippen LogP contribution >= 0.6 is 0 Å². The number of benzene rings is 2. The Morgan fingerprint density at radius 3 is 2.33 bits per heavy atom. The second kappa shape index (κ2) is 5.65. The summed E-state index contributed by atoms with van der Waals surface area (Å²) in [5.74, 6) is -0.208. The summed E-state index contributed by atoms with van der Waals surface area (Å²) in [7, 11) is -3.24. The van der Waals surface area contributed by atoms with E-state index in [0.29, 0.717) is 11.3 Å². The van der Waals surface area contributed by atoms with Crippen molar-refractivity contribution in [2.75, 3.05) is 6.26 Å². The molecule has 110 valence electrons. The lowest BCUT2D eigenvalue weighted by atomic mass is 10.1. The van der Waals surface area contributed by atoms with Gasteiger partial charge in [0.1, 0.15) is 11.7 Å². The van der Waals surface area contributed by atoms with Gasteiger partial charge in [0.25, 0.3) is 0 Å². The van der Waals surface area contributed by atoms with Crippen molar-refractivity contribution in [3.63, 3.8) is 0 Å². The molecule has 2 N–H and O–H groups in total. The van der Waals surface area contributed by atoms with Gasteiger partial charge in [-0.15, -0.1) is 0 Å². The fourth-order valence-electron chi connectivity index (χ4n) is 1.84. The molecule has 0 spiro atoms. The van der Waals surface area contributed by atoms with Crippen LogP contribution in [0.5, 0.6) is 0 Å². The van der Waals surface area contributed by atoms with Gasteiger partial charge in [0.15, 0.2) is 9.84 Å². The number of aliphatic imine (C=N–C) groups is 1. The van der Waals surface area contributed by atoms with Crippen molar-refractivity contribution in [3.05, 3.63) is 59.4 Å². The molecular formula is C15H15FN2O2S. The van der Waals surface area contributed by atoms with Gasteiger partial charge in [0, 0.05) is 11.8 Å². The first kappa shape index (κ1) is 15.2. The highest BCUT2D eigenvalue weighted by atomic mass is 32.2. The molecule has 2 rings (SSSR count). The topological polar surface area (TPSA) is 72.5 Å². The molecule has 6 heteroatoms. The second-order valence-corrected chi connectivity index (χ2v) is 6.74. The predicted octanol–water partition coefficient (Wildman–Crippen LogP) is 2.57. The molecule has 21 heavy (non-hydrogen) atoms. The molecule has 2 aromatic rings. The van der Waals surface area contributed by atoms with E-state index in [-0.39, 0.29) is 16.5 Å². The summed E-state index contributed by atoms with van der Waals surface area (Å²) in [4.78, 5) is 4.40. The first-order valence-electron chi connectivity index (χ1n) is 6.18. The highest BCUT2D eigenvalue weighted by Gasteiger charge is 2.07. The van der Waals surface area contributed by atoms with E-state index in [1.807, 2.05) is 6.92 Å². The molecule has 0 unspecified atom stereocenters. The van der Waals surface area contributed by atoms with Crippen LogP contribution in [0.1, 0.15) is 11.1 Å². The van der Waals surface area contributed by atoms with Gasteiger partial charge in [-0.1, -0.05) is 6.07 Å². The van der Waals surface area contributed by atoms with Crippen molar-refractivity contribution >= 4 is 21.4 Å². The van der Waals surface area contributed by atoms with E-state index < -0.39 is 9.84 Å². The summed E-state index contributed by atoms with van der Waals surface area (Å²) in [6.07, 6.45) is 1.13. The van der Waals surface area contributed by atoms with Crippen LogP contribution in [0.4, 0.5) is 10.1 Å². The van der Waals surface area contributed by atoms with Gasteiger partial charge in [0.2, 0.25) is 0 Å². The van der Waals surface area contributed by atoms with Crippen LogP contribution in [0.15, 0.2) is 52.4 Å². The van der Waals surface area contributed by atoms with Crippen molar-refractivity contribution in [1.82, 2.24) is 0 Å². The van der Waals surface area contributed by atoms with Crippen LogP contribution in [0.3, 0.4) is 0 Å². The van der Waals surface area contributed by atoms with Gasteiger partial charge in [-0.3, -0.25) is 0 Å². The molecule has 0 aliphatic rings. The number of sulfone groups is 1. The SMILES string of the molecule is Cc1ccc(F)cc1C(N)=Nc1ccc(S(C)(=O)=O)cc1. The van der Waals surface area contributed by atoms with Gasteiger partial charge in [-0.2, -0.15) is 0 Å². The Kier molecular flexibility index (Phi) is 4.09. The number of hydrogen-bond acceptors (Lipinski definition) is 3. The summed E-state index contributed by atoms with van der Waals surface area (Å²) in [6.45, 7) is 1.81.